The number of carbonyl (C=O) groups is 1. The molecule has 72 valence electrons. The van der Waals surface area contributed by atoms with Crippen LogP contribution in [0.25, 0.3) is 0 Å². The third-order valence-corrected chi connectivity index (χ3v) is 4.36. The van der Waals surface area contributed by atoms with Gasteiger partial charge >= 0.3 is 5.97 Å². The third-order valence-electron chi connectivity index (χ3n) is 1.42. The highest BCUT2D eigenvalue weighted by atomic mass is 79.9. The van der Waals surface area contributed by atoms with Gasteiger partial charge in [0.15, 0.2) is 0 Å². The molecule has 0 saturated carbocycles. The van der Waals surface area contributed by atoms with Gasteiger partial charge in [0.2, 0.25) is 0 Å². The number of halogens is 1. The summed E-state index contributed by atoms with van der Waals surface area (Å²) in [7, 11) is 0. The third kappa shape index (κ3) is 3.00. The lowest BCUT2D eigenvalue weighted by Crippen LogP contribution is -2.26. The van der Waals surface area contributed by atoms with Crippen molar-refractivity contribution in [3.05, 3.63) is 15.9 Å². The second-order valence-corrected chi connectivity index (χ2v) is 7.36. The maximum absolute atomic E-state index is 10.8. The summed E-state index contributed by atoms with van der Waals surface area (Å²) in [6.07, 6.45) is 0. The van der Waals surface area contributed by atoms with Crippen LogP contribution in [0.15, 0.2) is 20.1 Å². The molecule has 0 atom stereocenters. The summed E-state index contributed by atoms with van der Waals surface area (Å²) in [4.78, 5) is 10.8. The molecule has 0 unspecified atom stereocenters. The Labute approximate surface area is 93.5 Å². The van der Waals surface area contributed by atoms with Crippen LogP contribution in [-0.4, -0.2) is 15.8 Å². The summed E-state index contributed by atoms with van der Waals surface area (Å²) in [5, 5.41) is 8.88. The van der Waals surface area contributed by atoms with Crippen molar-refractivity contribution >= 4 is 45.0 Å². The van der Waals surface area contributed by atoms with Crippen molar-refractivity contribution in [2.75, 3.05) is 0 Å². The Kier molecular flexibility index (Phi) is 3.43. The second kappa shape index (κ2) is 4.02. The summed E-state index contributed by atoms with van der Waals surface area (Å²) in [5.41, 5.74) is 0. The average Bonchev–Trinajstić information content (AvgIpc) is 2.34. The van der Waals surface area contributed by atoms with Gasteiger partial charge in [-0.2, -0.15) is 0 Å². The molecule has 1 N–H and O–H groups in total. The van der Waals surface area contributed by atoms with Gasteiger partial charge in [-0.3, -0.25) is 4.79 Å². The van der Waals surface area contributed by atoms with Crippen LogP contribution in [0.1, 0.15) is 13.8 Å². The zero-order valence-electron chi connectivity index (χ0n) is 7.20. The Bertz CT molecular complexity index is 320. The predicted octanol–water partition coefficient (Wildman–Crippen LogP) is 3.47. The molecule has 1 aromatic rings. The minimum Gasteiger partial charge on any atom is -0.480 e. The number of thiophene rings is 1. The molecule has 0 amide bonds. The minimum absolute atomic E-state index is 0.760. The Balaban J connectivity index is 2.74. The van der Waals surface area contributed by atoms with Crippen LogP contribution in [-0.2, 0) is 4.79 Å². The van der Waals surface area contributed by atoms with E-state index in [9.17, 15) is 4.79 Å². The molecule has 13 heavy (non-hydrogen) atoms. The van der Waals surface area contributed by atoms with Crippen LogP contribution in [0, 0.1) is 0 Å². The summed E-state index contributed by atoms with van der Waals surface area (Å²) >= 11 is 6.25. The number of carboxylic acid groups (broad SMARTS) is 1. The highest BCUT2D eigenvalue weighted by Gasteiger charge is 2.28. The van der Waals surface area contributed by atoms with E-state index in [1.165, 1.54) is 11.8 Å². The Morgan fingerprint density at radius 1 is 1.62 bits per heavy atom. The molecule has 0 aliphatic carbocycles. The molecule has 0 aliphatic heterocycles. The van der Waals surface area contributed by atoms with Gasteiger partial charge in [0.25, 0.3) is 0 Å². The maximum atomic E-state index is 10.8. The molecule has 0 radical (unpaired) electrons. The molecule has 5 heteroatoms. The molecule has 1 heterocycles. The molecule has 0 saturated heterocycles. The first kappa shape index (κ1) is 11.1. The smallest absolute Gasteiger partial charge is 0.319 e. The Morgan fingerprint density at radius 2 is 2.23 bits per heavy atom. The van der Waals surface area contributed by atoms with Gasteiger partial charge in [0.1, 0.15) is 4.75 Å². The number of hydrogen-bond acceptors (Lipinski definition) is 3. The van der Waals surface area contributed by atoms with Gasteiger partial charge in [-0.1, -0.05) is 11.8 Å². The van der Waals surface area contributed by atoms with Crippen molar-refractivity contribution in [2.24, 2.45) is 0 Å². The van der Waals surface area contributed by atoms with E-state index in [1.54, 1.807) is 25.2 Å². The topological polar surface area (TPSA) is 37.3 Å². The lowest BCUT2D eigenvalue weighted by atomic mass is 10.2. The van der Waals surface area contributed by atoms with Gasteiger partial charge in [-0.25, -0.2) is 0 Å². The van der Waals surface area contributed by atoms with Gasteiger partial charge in [0.05, 0.1) is 8.00 Å². The van der Waals surface area contributed by atoms with Gasteiger partial charge in [-0.05, 0) is 41.9 Å². The van der Waals surface area contributed by atoms with Crippen LogP contribution in [0.3, 0.4) is 0 Å². The average molecular weight is 281 g/mol. The zero-order valence-corrected chi connectivity index (χ0v) is 10.4. The fourth-order valence-corrected chi connectivity index (χ4v) is 3.88. The van der Waals surface area contributed by atoms with Crippen LogP contribution in [0.4, 0.5) is 0 Å². The molecular weight excluding hydrogens is 272 g/mol. The van der Waals surface area contributed by atoms with Gasteiger partial charge < -0.3 is 5.11 Å². The molecule has 1 aromatic heterocycles. The van der Waals surface area contributed by atoms with Crippen molar-refractivity contribution in [2.45, 2.75) is 22.8 Å². The number of hydrogen-bond donors (Lipinski definition) is 1. The standard InChI is InChI=1S/C8H9BrO2S2/c1-8(2,7(10)11)13-6-4-3-5(9)12-6/h3-4H,1-2H3,(H,10,11). The second-order valence-electron chi connectivity index (χ2n) is 2.98. The summed E-state index contributed by atoms with van der Waals surface area (Å²) in [6, 6.07) is 3.84. The lowest BCUT2D eigenvalue weighted by Gasteiger charge is -2.16. The van der Waals surface area contributed by atoms with E-state index < -0.39 is 10.7 Å². The fraction of sp³-hybridized carbons (Fsp3) is 0.375. The highest BCUT2D eigenvalue weighted by Crippen LogP contribution is 2.38. The van der Waals surface area contributed by atoms with Crippen LogP contribution < -0.4 is 0 Å². The van der Waals surface area contributed by atoms with Gasteiger partial charge in [-0.15, -0.1) is 11.3 Å². The van der Waals surface area contributed by atoms with E-state index in [4.69, 9.17) is 5.11 Å². The maximum Gasteiger partial charge on any atom is 0.319 e. The molecule has 0 fully saturated rings. The molecule has 2 nitrogen and oxygen atoms in total. The van der Waals surface area contributed by atoms with Gasteiger partial charge in [0, 0.05) is 0 Å². The molecule has 0 bridgehead atoms. The van der Waals surface area contributed by atoms with E-state index in [-0.39, 0.29) is 0 Å². The van der Waals surface area contributed by atoms with E-state index in [2.05, 4.69) is 15.9 Å². The van der Waals surface area contributed by atoms with Crippen molar-refractivity contribution in [3.63, 3.8) is 0 Å². The number of rotatable bonds is 3. The van der Waals surface area contributed by atoms with Crippen molar-refractivity contribution in [1.82, 2.24) is 0 Å². The van der Waals surface area contributed by atoms with Crippen LogP contribution in [0.5, 0.6) is 0 Å². The lowest BCUT2D eigenvalue weighted by molar-refractivity contribution is -0.138. The Morgan fingerprint density at radius 3 is 2.62 bits per heavy atom. The largest absolute Gasteiger partial charge is 0.480 e. The Hall–Kier alpha value is -0.000000000000000111. The zero-order chi connectivity index (χ0) is 10.1. The summed E-state index contributed by atoms with van der Waals surface area (Å²) in [6.45, 7) is 3.40. The first-order chi connectivity index (χ1) is 5.92. The summed E-state index contributed by atoms with van der Waals surface area (Å²) in [5.74, 6) is -0.790. The number of thioether (sulfide) groups is 1. The van der Waals surface area contributed by atoms with E-state index in [0.717, 1.165) is 8.00 Å². The van der Waals surface area contributed by atoms with Crippen molar-refractivity contribution in [3.8, 4) is 0 Å². The van der Waals surface area contributed by atoms with E-state index in [1.807, 2.05) is 12.1 Å². The van der Waals surface area contributed by atoms with Crippen LogP contribution >= 0.6 is 39.0 Å². The fourth-order valence-electron chi connectivity index (χ4n) is 0.648. The van der Waals surface area contributed by atoms with Crippen molar-refractivity contribution < 1.29 is 9.90 Å². The molecule has 0 aliphatic rings. The predicted molar refractivity (Wildman–Crippen MR) is 59.6 cm³/mol. The first-order valence-corrected chi connectivity index (χ1v) is 6.02. The van der Waals surface area contributed by atoms with Crippen molar-refractivity contribution in [1.29, 1.82) is 0 Å². The first-order valence-electron chi connectivity index (χ1n) is 3.59. The highest BCUT2D eigenvalue weighted by molar-refractivity contribution is 9.11. The van der Waals surface area contributed by atoms with E-state index in [0.29, 0.717) is 0 Å². The van der Waals surface area contributed by atoms with Crippen LogP contribution in [0.2, 0.25) is 0 Å². The molecule has 0 spiro atoms. The van der Waals surface area contributed by atoms with E-state index >= 15 is 0 Å². The molecule has 1 rings (SSSR count). The summed E-state index contributed by atoms with van der Waals surface area (Å²) < 4.78 is 1.28. The quantitative estimate of drug-likeness (QED) is 0.862. The number of carboxylic acids is 1. The molecular formula is C8H9BrO2S2. The molecule has 0 aromatic carbocycles. The normalized spacial score (nSPS) is 11.6. The minimum atomic E-state index is -0.790. The number of aliphatic carboxylic acids is 1. The monoisotopic (exact) mass is 280 g/mol. The SMILES string of the molecule is CC(C)(Sc1ccc(Br)s1)C(=O)O.